The molecule has 80 valence electrons. The minimum absolute atomic E-state index is 0.266. The highest BCUT2D eigenvalue weighted by Gasteiger charge is 2.08. The molecule has 0 aliphatic heterocycles. The summed E-state index contributed by atoms with van der Waals surface area (Å²) in [6.07, 6.45) is 8.78. The normalized spacial score (nSPS) is 13.4. The molecule has 0 fully saturated rings. The Kier molecular flexibility index (Phi) is 8.72. The van der Waals surface area contributed by atoms with Crippen LogP contribution in [0.2, 0.25) is 0 Å². The van der Waals surface area contributed by atoms with Crippen LogP contribution in [0.4, 0.5) is 0 Å². The van der Waals surface area contributed by atoms with Gasteiger partial charge in [-0.15, -0.1) is 0 Å². The molecule has 1 atom stereocenters. The number of rotatable bonds is 7. The van der Waals surface area contributed by atoms with E-state index in [1.807, 2.05) is 13.0 Å². The molecule has 0 spiro atoms. The van der Waals surface area contributed by atoms with Crippen LogP contribution >= 0.6 is 11.8 Å². The van der Waals surface area contributed by atoms with Gasteiger partial charge < -0.3 is 0 Å². The van der Waals surface area contributed by atoms with E-state index in [4.69, 9.17) is 17.0 Å². The van der Waals surface area contributed by atoms with Gasteiger partial charge in [0.15, 0.2) is 0 Å². The molecule has 0 aromatic carbocycles. The summed E-state index contributed by atoms with van der Waals surface area (Å²) in [5.74, 6) is 0. The van der Waals surface area contributed by atoms with Crippen LogP contribution in [0.3, 0.4) is 0 Å². The zero-order chi connectivity index (χ0) is 10.8. The second-order valence-corrected chi connectivity index (χ2v) is 3.84. The monoisotopic (exact) mass is 214 g/mol. The Morgan fingerprint density at radius 1 is 1.43 bits per heavy atom. The first kappa shape index (κ1) is 13.5. The van der Waals surface area contributed by atoms with Gasteiger partial charge in [0.1, 0.15) is 6.54 Å². The van der Waals surface area contributed by atoms with Crippen LogP contribution < -0.4 is 0 Å². The third-order valence-corrected chi connectivity index (χ3v) is 2.53. The van der Waals surface area contributed by atoms with Crippen molar-refractivity contribution in [2.24, 2.45) is 0 Å². The van der Waals surface area contributed by atoms with Crippen molar-refractivity contribution in [1.82, 2.24) is 4.42 Å². The number of halogens is 1. The van der Waals surface area contributed by atoms with E-state index in [9.17, 15) is 0 Å². The fourth-order valence-electron chi connectivity index (χ4n) is 1.10. The van der Waals surface area contributed by atoms with Crippen molar-refractivity contribution in [3.05, 3.63) is 12.2 Å². The maximum atomic E-state index is 8.44. The van der Waals surface area contributed by atoms with Crippen LogP contribution in [0.1, 0.15) is 39.5 Å². The molecule has 0 bridgehead atoms. The summed E-state index contributed by atoms with van der Waals surface area (Å²) in [7, 11) is 0. The molecule has 3 heteroatoms. The zero-order valence-electron chi connectivity index (χ0n) is 9.04. The predicted octanol–water partition coefficient (Wildman–Crippen LogP) is 3.49. The third-order valence-electron chi connectivity index (χ3n) is 2.07. The summed E-state index contributed by atoms with van der Waals surface area (Å²) in [6.45, 7) is 4.50. The average molecular weight is 215 g/mol. The molecule has 0 rings (SSSR count). The molecule has 1 unspecified atom stereocenters. The van der Waals surface area contributed by atoms with E-state index in [1.165, 1.54) is 6.42 Å². The SMILES string of the molecule is CCC/C=C/CCC(C)N(Cl)CC#N. The van der Waals surface area contributed by atoms with Gasteiger partial charge in [-0.1, -0.05) is 25.5 Å². The van der Waals surface area contributed by atoms with Crippen LogP contribution in [0, 0.1) is 11.3 Å². The first-order valence-corrected chi connectivity index (χ1v) is 5.50. The van der Waals surface area contributed by atoms with Crippen molar-refractivity contribution in [3.63, 3.8) is 0 Å². The lowest BCUT2D eigenvalue weighted by atomic mass is 10.1. The van der Waals surface area contributed by atoms with Crippen LogP contribution in [0.5, 0.6) is 0 Å². The lowest BCUT2D eigenvalue weighted by Gasteiger charge is -2.17. The minimum atomic E-state index is 0.266. The largest absolute Gasteiger partial charge is 0.203 e. The summed E-state index contributed by atoms with van der Waals surface area (Å²) in [5, 5.41) is 8.44. The smallest absolute Gasteiger partial charge is 0.101 e. The van der Waals surface area contributed by atoms with E-state index >= 15 is 0 Å². The van der Waals surface area contributed by atoms with Gasteiger partial charge in [0.2, 0.25) is 0 Å². The van der Waals surface area contributed by atoms with Crippen LogP contribution in [0.25, 0.3) is 0 Å². The van der Waals surface area contributed by atoms with Crippen molar-refractivity contribution < 1.29 is 0 Å². The summed E-state index contributed by atoms with van der Waals surface area (Å²) in [6, 6.07) is 2.30. The fourth-order valence-corrected chi connectivity index (χ4v) is 1.25. The molecule has 0 saturated heterocycles. The number of hydrogen-bond acceptors (Lipinski definition) is 2. The summed E-state index contributed by atoms with van der Waals surface area (Å²) >= 11 is 5.86. The van der Waals surface area contributed by atoms with Gasteiger partial charge in [-0.05, 0) is 38.0 Å². The molecule has 0 N–H and O–H groups in total. The van der Waals surface area contributed by atoms with Gasteiger partial charge in [-0.3, -0.25) is 0 Å². The minimum Gasteiger partial charge on any atom is -0.203 e. The second kappa shape index (κ2) is 9.05. The highest BCUT2D eigenvalue weighted by molar-refractivity contribution is 6.13. The molecule has 0 saturated carbocycles. The molecular weight excluding hydrogens is 196 g/mol. The van der Waals surface area contributed by atoms with Gasteiger partial charge in [-0.2, -0.15) is 5.26 Å². The molecule has 0 amide bonds. The second-order valence-electron chi connectivity index (χ2n) is 3.40. The Bertz CT molecular complexity index is 196. The Hall–Kier alpha value is -0.520. The predicted molar refractivity (Wildman–Crippen MR) is 60.9 cm³/mol. The van der Waals surface area contributed by atoms with Gasteiger partial charge in [-0.25, -0.2) is 4.42 Å². The van der Waals surface area contributed by atoms with Crippen molar-refractivity contribution in [1.29, 1.82) is 5.26 Å². The number of allylic oxidation sites excluding steroid dienone is 2. The fraction of sp³-hybridized carbons (Fsp3) is 0.727. The molecule has 14 heavy (non-hydrogen) atoms. The van der Waals surface area contributed by atoms with E-state index in [2.05, 4.69) is 19.1 Å². The van der Waals surface area contributed by atoms with Crippen molar-refractivity contribution in [3.8, 4) is 6.07 Å². The summed E-state index contributed by atoms with van der Waals surface area (Å²) in [4.78, 5) is 0. The van der Waals surface area contributed by atoms with Gasteiger partial charge >= 0.3 is 0 Å². The topological polar surface area (TPSA) is 27.0 Å². The number of nitriles is 1. The van der Waals surface area contributed by atoms with Gasteiger partial charge in [0.05, 0.1) is 6.07 Å². The van der Waals surface area contributed by atoms with E-state index in [-0.39, 0.29) is 6.04 Å². The van der Waals surface area contributed by atoms with Crippen LogP contribution in [0.15, 0.2) is 12.2 Å². The van der Waals surface area contributed by atoms with E-state index in [0.29, 0.717) is 6.54 Å². The van der Waals surface area contributed by atoms with Crippen LogP contribution in [-0.2, 0) is 0 Å². The number of unbranched alkanes of at least 4 members (excludes halogenated alkanes) is 1. The molecule has 2 nitrogen and oxygen atoms in total. The summed E-state index contributed by atoms with van der Waals surface area (Å²) < 4.78 is 1.56. The maximum absolute atomic E-state index is 8.44. The molecule has 0 heterocycles. The maximum Gasteiger partial charge on any atom is 0.101 e. The highest BCUT2D eigenvalue weighted by Crippen LogP contribution is 2.09. The van der Waals surface area contributed by atoms with Crippen molar-refractivity contribution >= 4 is 11.8 Å². The quantitative estimate of drug-likeness (QED) is 0.369. The number of hydrogen-bond donors (Lipinski definition) is 0. The molecule has 0 aliphatic carbocycles. The van der Waals surface area contributed by atoms with E-state index in [0.717, 1.165) is 19.3 Å². The average Bonchev–Trinajstić information content (AvgIpc) is 2.17. The molecule has 0 aliphatic rings. The Balaban J connectivity index is 3.53. The summed E-state index contributed by atoms with van der Waals surface area (Å²) in [5.41, 5.74) is 0. The van der Waals surface area contributed by atoms with E-state index in [1.54, 1.807) is 4.42 Å². The molecule has 0 aromatic rings. The molecule has 0 aromatic heterocycles. The Labute approximate surface area is 92.3 Å². The van der Waals surface area contributed by atoms with Gasteiger partial charge in [0.25, 0.3) is 0 Å². The van der Waals surface area contributed by atoms with E-state index < -0.39 is 0 Å². The molecular formula is C11H19ClN2. The lowest BCUT2D eigenvalue weighted by molar-refractivity contribution is 0.375. The first-order chi connectivity index (χ1) is 6.72. The van der Waals surface area contributed by atoms with Crippen molar-refractivity contribution in [2.45, 2.75) is 45.6 Å². The van der Waals surface area contributed by atoms with Gasteiger partial charge in [0, 0.05) is 6.04 Å². The lowest BCUT2D eigenvalue weighted by Crippen LogP contribution is -2.24. The Morgan fingerprint density at radius 3 is 2.64 bits per heavy atom. The molecule has 0 radical (unpaired) electrons. The number of nitrogens with zero attached hydrogens (tertiary/aromatic N) is 2. The Morgan fingerprint density at radius 2 is 2.07 bits per heavy atom. The standard InChI is InChI=1S/C11H19ClN2/c1-3-4-5-6-7-8-11(2)14(12)10-9-13/h5-6,11H,3-4,7-8,10H2,1-2H3/b6-5+. The van der Waals surface area contributed by atoms with Crippen LogP contribution in [-0.4, -0.2) is 17.0 Å². The third kappa shape index (κ3) is 6.94. The zero-order valence-corrected chi connectivity index (χ0v) is 9.80. The first-order valence-electron chi connectivity index (χ1n) is 5.16. The van der Waals surface area contributed by atoms with Crippen molar-refractivity contribution in [2.75, 3.05) is 6.54 Å². The highest BCUT2D eigenvalue weighted by atomic mass is 35.5.